The van der Waals surface area contributed by atoms with Crippen molar-refractivity contribution in [2.24, 2.45) is 11.8 Å². The minimum absolute atomic E-state index is 0.169. The molecule has 1 saturated carbocycles. The smallest absolute Gasteiger partial charge is 0.337 e. The lowest BCUT2D eigenvalue weighted by Crippen LogP contribution is -2.25. The maximum atomic E-state index is 11.1. The van der Waals surface area contributed by atoms with Gasteiger partial charge in [-0.1, -0.05) is 26.3 Å². The summed E-state index contributed by atoms with van der Waals surface area (Å²) in [6.07, 6.45) is 3.55. The quantitative estimate of drug-likeness (QED) is 0.728. The summed E-state index contributed by atoms with van der Waals surface area (Å²) in [5.74, 6) is 0.367. The number of nitrogens with one attached hydrogen (secondary N) is 1. The Labute approximate surface area is 114 Å². The number of carboxylic acid groups (broad SMARTS) is 1. The Hall–Kier alpha value is -1.71. The average molecular weight is 262 g/mol. The maximum absolute atomic E-state index is 11.1. The van der Waals surface area contributed by atoms with Crippen LogP contribution in [-0.4, -0.2) is 17.1 Å². The fourth-order valence-electron chi connectivity index (χ4n) is 3.10. The maximum Gasteiger partial charge on any atom is 0.337 e. The normalized spacial score (nSPS) is 26.3. The average Bonchev–Trinajstić information content (AvgIpc) is 2.72. The topological polar surface area (TPSA) is 75.3 Å². The van der Waals surface area contributed by atoms with Crippen LogP contribution in [0.3, 0.4) is 0 Å². The first-order valence-electron chi connectivity index (χ1n) is 6.92. The van der Waals surface area contributed by atoms with E-state index < -0.39 is 5.97 Å². The van der Waals surface area contributed by atoms with E-state index in [0.29, 0.717) is 17.6 Å². The van der Waals surface area contributed by atoms with Crippen LogP contribution in [-0.2, 0) is 0 Å². The van der Waals surface area contributed by atoms with Crippen LogP contribution in [0.25, 0.3) is 0 Å². The number of nitrogens with two attached hydrogens (primary N) is 1. The number of benzene rings is 1. The van der Waals surface area contributed by atoms with Gasteiger partial charge in [-0.2, -0.15) is 0 Å². The van der Waals surface area contributed by atoms with Crippen LogP contribution in [0.4, 0.5) is 11.4 Å². The Morgan fingerprint density at radius 2 is 2.21 bits per heavy atom. The molecule has 4 nitrogen and oxygen atoms in total. The van der Waals surface area contributed by atoms with Crippen LogP contribution in [0, 0.1) is 11.8 Å². The molecular formula is C15H22N2O2. The second-order valence-electron chi connectivity index (χ2n) is 5.43. The molecule has 4 heteroatoms. The molecule has 1 aromatic carbocycles. The highest BCUT2D eigenvalue weighted by Crippen LogP contribution is 2.36. The van der Waals surface area contributed by atoms with Crippen molar-refractivity contribution >= 4 is 17.3 Å². The van der Waals surface area contributed by atoms with Gasteiger partial charge in [0.05, 0.1) is 16.9 Å². The van der Waals surface area contributed by atoms with Gasteiger partial charge >= 0.3 is 5.97 Å². The van der Waals surface area contributed by atoms with Gasteiger partial charge in [0.1, 0.15) is 0 Å². The molecule has 3 unspecified atom stereocenters. The molecule has 1 fully saturated rings. The molecular weight excluding hydrogens is 240 g/mol. The zero-order valence-electron chi connectivity index (χ0n) is 11.5. The zero-order chi connectivity index (χ0) is 14.0. The second kappa shape index (κ2) is 5.51. The van der Waals surface area contributed by atoms with Crippen molar-refractivity contribution in [1.82, 2.24) is 0 Å². The number of nitrogen functional groups attached to an aromatic ring is 1. The summed E-state index contributed by atoms with van der Waals surface area (Å²) >= 11 is 0. The molecule has 4 N–H and O–H groups in total. The second-order valence-corrected chi connectivity index (χ2v) is 5.43. The van der Waals surface area contributed by atoms with Gasteiger partial charge in [-0.05, 0) is 36.8 Å². The molecule has 0 aliphatic heterocycles. The Kier molecular flexibility index (Phi) is 3.98. The van der Waals surface area contributed by atoms with Crippen molar-refractivity contribution in [1.29, 1.82) is 0 Å². The molecule has 0 amide bonds. The third-order valence-corrected chi connectivity index (χ3v) is 4.43. The number of carbonyl (C=O) groups is 1. The van der Waals surface area contributed by atoms with Crippen LogP contribution < -0.4 is 11.1 Å². The van der Waals surface area contributed by atoms with Gasteiger partial charge in [0.25, 0.3) is 0 Å². The van der Waals surface area contributed by atoms with Gasteiger partial charge in [-0.15, -0.1) is 0 Å². The fraction of sp³-hybridized carbons (Fsp3) is 0.533. The highest BCUT2D eigenvalue weighted by molar-refractivity contribution is 5.97. The van der Waals surface area contributed by atoms with Crippen LogP contribution >= 0.6 is 0 Å². The van der Waals surface area contributed by atoms with E-state index in [1.165, 1.54) is 18.9 Å². The van der Waals surface area contributed by atoms with E-state index in [1.54, 1.807) is 6.07 Å². The molecule has 0 aromatic heterocycles. The van der Waals surface area contributed by atoms with Crippen molar-refractivity contribution in [3.05, 3.63) is 23.8 Å². The summed E-state index contributed by atoms with van der Waals surface area (Å²) in [7, 11) is 0. The standard InChI is InChI=1S/C15H22N2O2/c1-3-10-7-8-12(9(10)2)17-13-6-4-5-11(14(13)16)15(18)19/h4-6,9-10,12,17H,3,7-8,16H2,1-2H3,(H,18,19). The van der Waals surface area contributed by atoms with Crippen LogP contribution in [0.15, 0.2) is 18.2 Å². The predicted octanol–water partition coefficient (Wildman–Crippen LogP) is 3.20. The number of hydrogen-bond donors (Lipinski definition) is 3. The van der Waals surface area contributed by atoms with E-state index >= 15 is 0 Å². The van der Waals surface area contributed by atoms with Gasteiger partial charge in [-0.25, -0.2) is 4.79 Å². The molecule has 1 aliphatic rings. The molecule has 0 spiro atoms. The number of hydrogen-bond acceptors (Lipinski definition) is 3. The molecule has 104 valence electrons. The number of para-hydroxylation sites is 1. The minimum atomic E-state index is -0.980. The molecule has 0 heterocycles. The lowest BCUT2D eigenvalue weighted by molar-refractivity contribution is 0.0698. The van der Waals surface area contributed by atoms with Gasteiger partial charge in [0, 0.05) is 6.04 Å². The third-order valence-electron chi connectivity index (χ3n) is 4.43. The van der Waals surface area contributed by atoms with Crippen molar-refractivity contribution in [3.8, 4) is 0 Å². The number of rotatable bonds is 4. The summed E-state index contributed by atoms with van der Waals surface area (Å²) in [5, 5.41) is 12.5. The van der Waals surface area contributed by atoms with Crippen molar-refractivity contribution in [2.75, 3.05) is 11.1 Å². The first-order chi connectivity index (χ1) is 9.04. The molecule has 19 heavy (non-hydrogen) atoms. The number of anilines is 2. The molecule has 1 aromatic rings. The summed E-state index contributed by atoms with van der Waals surface area (Å²) < 4.78 is 0. The van der Waals surface area contributed by atoms with Crippen LogP contribution in [0.1, 0.15) is 43.5 Å². The van der Waals surface area contributed by atoms with Gasteiger partial charge < -0.3 is 16.2 Å². The molecule has 1 aliphatic carbocycles. The Morgan fingerprint density at radius 1 is 1.47 bits per heavy atom. The number of aromatic carboxylic acids is 1. The molecule has 0 radical (unpaired) electrons. The van der Waals surface area contributed by atoms with Gasteiger partial charge in [0.2, 0.25) is 0 Å². The molecule has 2 rings (SSSR count). The SMILES string of the molecule is CCC1CCC(Nc2cccc(C(=O)O)c2N)C1C. The van der Waals surface area contributed by atoms with Crippen molar-refractivity contribution < 1.29 is 9.90 Å². The van der Waals surface area contributed by atoms with Crippen molar-refractivity contribution in [3.63, 3.8) is 0 Å². The highest BCUT2D eigenvalue weighted by atomic mass is 16.4. The van der Waals surface area contributed by atoms with E-state index in [1.807, 2.05) is 6.07 Å². The summed E-state index contributed by atoms with van der Waals surface area (Å²) in [6, 6.07) is 5.51. The van der Waals surface area contributed by atoms with Crippen molar-refractivity contribution in [2.45, 2.75) is 39.2 Å². The minimum Gasteiger partial charge on any atom is -0.478 e. The zero-order valence-corrected chi connectivity index (χ0v) is 11.5. The molecule has 0 saturated heterocycles. The van der Waals surface area contributed by atoms with E-state index in [2.05, 4.69) is 19.2 Å². The number of carboxylic acids is 1. The van der Waals surface area contributed by atoms with Crippen LogP contribution in [0.2, 0.25) is 0 Å². The third kappa shape index (κ3) is 2.67. The van der Waals surface area contributed by atoms with Gasteiger partial charge in [0.15, 0.2) is 0 Å². The monoisotopic (exact) mass is 262 g/mol. The molecule has 0 bridgehead atoms. The predicted molar refractivity (Wildman–Crippen MR) is 77.4 cm³/mol. The fourth-order valence-corrected chi connectivity index (χ4v) is 3.10. The van der Waals surface area contributed by atoms with E-state index in [-0.39, 0.29) is 5.56 Å². The van der Waals surface area contributed by atoms with E-state index in [9.17, 15) is 4.79 Å². The Balaban J connectivity index is 2.16. The Bertz CT molecular complexity index is 473. The lowest BCUT2D eigenvalue weighted by Gasteiger charge is -2.23. The molecule has 3 atom stereocenters. The van der Waals surface area contributed by atoms with E-state index in [0.717, 1.165) is 18.0 Å². The summed E-state index contributed by atoms with van der Waals surface area (Å²) in [5.41, 5.74) is 7.18. The Morgan fingerprint density at radius 3 is 2.79 bits per heavy atom. The largest absolute Gasteiger partial charge is 0.478 e. The summed E-state index contributed by atoms with van der Waals surface area (Å²) in [6.45, 7) is 4.49. The summed E-state index contributed by atoms with van der Waals surface area (Å²) in [4.78, 5) is 11.1. The first-order valence-corrected chi connectivity index (χ1v) is 6.92. The highest BCUT2D eigenvalue weighted by Gasteiger charge is 2.31. The van der Waals surface area contributed by atoms with E-state index in [4.69, 9.17) is 10.8 Å². The lowest BCUT2D eigenvalue weighted by atomic mass is 9.93. The van der Waals surface area contributed by atoms with Crippen LogP contribution in [0.5, 0.6) is 0 Å². The first kappa shape index (κ1) is 13.7. The van der Waals surface area contributed by atoms with Gasteiger partial charge in [-0.3, -0.25) is 0 Å².